The number of benzene rings is 2. The highest BCUT2D eigenvalue weighted by Crippen LogP contribution is 2.23. The molecule has 8 heteroatoms. The highest BCUT2D eigenvalue weighted by atomic mass is 32.2. The van der Waals surface area contributed by atoms with E-state index in [4.69, 9.17) is 5.26 Å². The van der Waals surface area contributed by atoms with Crippen LogP contribution in [0.5, 0.6) is 0 Å². The van der Waals surface area contributed by atoms with Crippen LogP contribution in [0.1, 0.15) is 5.56 Å². The van der Waals surface area contributed by atoms with Crippen LogP contribution in [-0.2, 0) is 10.0 Å². The van der Waals surface area contributed by atoms with Gasteiger partial charge in [0.05, 0.1) is 11.6 Å². The van der Waals surface area contributed by atoms with E-state index in [2.05, 4.69) is 0 Å². The lowest BCUT2D eigenvalue weighted by Crippen LogP contribution is -2.48. The second-order valence-electron chi connectivity index (χ2n) is 5.62. The summed E-state index contributed by atoms with van der Waals surface area (Å²) in [5, 5.41) is 8.82. The summed E-state index contributed by atoms with van der Waals surface area (Å²) in [6, 6.07) is 11.5. The third-order valence-corrected chi connectivity index (χ3v) is 6.04. The lowest BCUT2D eigenvalue weighted by Gasteiger charge is -2.35. The lowest BCUT2D eigenvalue weighted by molar-refractivity contribution is 0.382. The first kappa shape index (κ1) is 17.3. The van der Waals surface area contributed by atoms with E-state index in [1.165, 1.54) is 4.31 Å². The SMILES string of the molecule is N#Cc1ccc(N2CCN(S(=O)(=O)c3ccc(F)cc3F)CC2)cc1. The third-order valence-electron chi connectivity index (χ3n) is 4.11. The molecule has 0 N–H and O–H groups in total. The van der Waals surface area contributed by atoms with Crippen molar-refractivity contribution in [2.75, 3.05) is 31.1 Å². The largest absolute Gasteiger partial charge is 0.369 e. The Morgan fingerprint density at radius 3 is 2.16 bits per heavy atom. The number of halogens is 2. The molecule has 0 spiro atoms. The van der Waals surface area contributed by atoms with E-state index in [1.807, 2.05) is 23.1 Å². The molecule has 25 heavy (non-hydrogen) atoms. The third kappa shape index (κ3) is 3.48. The molecule has 2 aromatic carbocycles. The van der Waals surface area contributed by atoms with Crippen LogP contribution in [0.3, 0.4) is 0 Å². The molecule has 0 aliphatic carbocycles. The maximum Gasteiger partial charge on any atom is 0.246 e. The number of hydrogen-bond donors (Lipinski definition) is 0. The second-order valence-corrected chi connectivity index (χ2v) is 7.53. The van der Waals surface area contributed by atoms with Gasteiger partial charge in [0.1, 0.15) is 16.5 Å². The van der Waals surface area contributed by atoms with Crippen LogP contribution in [-0.4, -0.2) is 38.9 Å². The highest BCUT2D eigenvalue weighted by Gasteiger charge is 2.30. The second kappa shape index (κ2) is 6.78. The monoisotopic (exact) mass is 363 g/mol. The zero-order valence-electron chi connectivity index (χ0n) is 13.2. The normalized spacial score (nSPS) is 15.8. The smallest absolute Gasteiger partial charge is 0.246 e. The van der Waals surface area contributed by atoms with Crippen molar-refractivity contribution in [3.63, 3.8) is 0 Å². The zero-order chi connectivity index (χ0) is 18.0. The summed E-state index contributed by atoms with van der Waals surface area (Å²) < 4.78 is 53.1. The Hall–Kier alpha value is -2.50. The van der Waals surface area contributed by atoms with Gasteiger partial charge in [-0.1, -0.05) is 0 Å². The summed E-state index contributed by atoms with van der Waals surface area (Å²) in [6.07, 6.45) is 0. The summed E-state index contributed by atoms with van der Waals surface area (Å²) in [6.45, 7) is 1.26. The number of anilines is 1. The van der Waals surface area contributed by atoms with E-state index < -0.39 is 26.6 Å². The van der Waals surface area contributed by atoms with Crippen molar-refractivity contribution in [3.05, 3.63) is 59.7 Å². The predicted molar refractivity (Wildman–Crippen MR) is 88.5 cm³/mol. The summed E-state index contributed by atoms with van der Waals surface area (Å²) >= 11 is 0. The van der Waals surface area contributed by atoms with Crippen molar-refractivity contribution in [2.45, 2.75) is 4.90 Å². The Labute approximate surface area is 144 Å². The van der Waals surface area contributed by atoms with Crippen LogP contribution >= 0.6 is 0 Å². The molecule has 130 valence electrons. The van der Waals surface area contributed by atoms with E-state index in [-0.39, 0.29) is 13.1 Å². The molecule has 0 amide bonds. The van der Waals surface area contributed by atoms with E-state index in [9.17, 15) is 17.2 Å². The Bertz CT molecular complexity index is 916. The van der Waals surface area contributed by atoms with E-state index in [0.717, 1.165) is 17.8 Å². The molecular formula is C17H15F2N3O2S. The van der Waals surface area contributed by atoms with Crippen molar-refractivity contribution < 1.29 is 17.2 Å². The van der Waals surface area contributed by atoms with Gasteiger partial charge in [0.2, 0.25) is 10.0 Å². The summed E-state index contributed by atoms with van der Waals surface area (Å²) in [5.74, 6) is -1.91. The van der Waals surface area contributed by atoms with Gasteiger partial charge in [-0.05, 0) is 36.4 Å². The van der Waals surface area contributed by atoms with Gasteiger partial charge >= 0.3 is 0 Å². The first-order valence-electron chi connectivity index (χ1n) is 7.62. The van der Waals surface area contributed by atoms with Gasteiger partial charge in [0, 0.05) is 37.9 Å². The minimum Gasteiger partial charge on any atom is -0.369 e. The van der Waals surface area contributed by atoms with Crippen molar-refractivity contribution >= 4 is 15.7 Å². The topological polar surface area (TPSA) is 64.4 Å². The highest BCUT2D eigenvalue weighted by molar-refractivity contribution is 7.89. The first-order valence-corrected chi connectivity index (χ1v) is 9.06. The van der Waals surface area contributed by atoms with Crippen LogP contribution in [0.15, 0.2) is 47.4 Å². The Morgan fingerprint density at radius 1 is 0.960 bits per heavy atom. The van der Waals surface area contributed by atoms with Crippen LogP contribution in [0.25, 0.3) is 0 Å². The van der Waals surface area contributed by atoms with Crippen LogP contribution in [0, 0.1) is 23.0 Å². The molecule has 5 nitrogen and oxygen atoms in total. The minimum atomic E-state index is -4.00. The summed E-state index contributed by atoms with van der Waals surface area (Å²) in [4.78, 5) is 1.48. The average Bonchev–Trinajstić information content (AvgIpc) is 2.61. The molecule has 0 saturated carbocycles. The van der Waals surface area contributed by atoms with Gasteiger partial charge < -0.3 is 4.90 Å². The summed E-state index contributed by atoms with van der Waals surface area (Å²) in [5.41, 5.74) is 1.45. The van der Waals surface area contributed by atoms with Gasteiger partial charge in [-0.25, -0.2) is 17.2 Å². The standard InChI is InChI=1S/C17H15F2N3O2S/c18-14-3-6-17(16(19)11-14)25(23,24)22-9-7-21(8-10-22)15-4-1-13(12-20)2-5-15/h1-6,11H,7-10H2. The molecular weight excluding hydrogens is 348 g/mol. The zero-order valence-corrected chi connectivity index (χ0v) is 14.0. The van der Waals surface area contributed by atoms with Gasteiger partial charge in [0.25, 0.3) is 0 Å². The molecule has 0 atom stereocenters. The Balaban J connectivity index is 1.73. The fraction of sp³-hybridized carbons (Fsp3) is 0.235. The number of rotatable bonds is 3. The number of nitrogens with zero attached hydrogens (tertiary/aromatic N) is 3. The fourth-order valence-electron chi connectivity index (χ4n) is 2.76. The van der Waals surface area contributed by atoms with Crippen LogP contribution in [0.4, 0.5) is 14.5 Å². The quantitative estimate of drug-likeness (QED) is 0.840. The first-order chi connectivity index (χ1) is 11.9. The maximum absolute atomic E-state index is 13.8. The minimum absolute atomic E-state index is 0.194. The number of hydrogen-bond acceptors (Lipinski definition) is 4. The number of nitriles is 1. The Kier molecular flexibility index (Phi) is 4.70. The Morgan fingerprint density at radius 2 is 1.60 bits per heavy atom. The van der Waals surface area contributed by atoms with Crippen LogP contribution < -0.4 is 4.90 Å². The molecule has 0 bridgehead atoms. The molecule has 3 rings (SSSR count). The van der Waals surface area contributed by atoms with Crippen molar-refractivity contribution in [1.29, 1.82) is 5.26 Å². The van der Waals surface area contributed by atoms with Crippen LogP contribution in [0.2, 0.25) is 0 Å². The van der Waals surface area contributed by atoms with Crippen molar-refractivity contribution in [2.24, 2.45) is 0 Å². The molecule has 1 fully saturated rings. The molecule has 2 aromatic rings. The van der Waals surface area contributed by atoms with Gasteiger partial charge in [0.15, 0.2) is 0 Å². The fourth-order valence-corrected chi connectivity index (χ4v) is 4.22. The average molecular weight is 363 g/mol. The number of piperazine rings is 1. The summed E-state index contributed by atoms with van der Waals surface area (Å²) in [7, 11) is -4.00. The molecule has 0 radical (unpaired) electrons. The molecule has 1 heterocycles. The number of sulfonamides is 1. The van der Waals surface area contributed by atoms with Gasteiger partial charge in [-0.15, -0.1) is 0 Å². The van der Waals surface area contributed by atoms with E-state index >= 15 is 0 Å². The van der Waals surface area contributed by atoms with E-state index in [0.29, 0.717) is 24.7 Å². The molecule has 1 aliphatic heterocycles. The predicted octanol–water partition coefficient (Wildman–Crippen LogP) is 2.35. The maximum atomic E-state index is 13.8. The van der Waals surface area contributed by atoms with Gasteiger partial charge in [-0.3, -0.25) is 0 Å². The molecule has 0 unspecified atom stereocenters. The molecule has 1 aliphatic rings. The molecule has 1 saturated heterocycles. The van der Waals surface area contributed by atoms with Crippen molar-refractivity contribution in [3.8, 4) is 6.07 Å². The lowest BCUT2D eigenvalue weighted by atomic mass is 10.2. The van der Waals surface area contributed by atoms with Gasteiger partial charge in [-0.2, -0.15) is 9.57 Å². The van der Waals surface area contributed by atoms with E-state index in [1.54, 1.807) is 12.1 Å². The molecule has 0 aromatic heterocycles. The van der Waals surface area contributed by atoms with Crippen molar-refractivity contribution in [1.82, 2.24) is 4.31 Å².